The van der Waals surface area contributed by atoms with Crippen molar-refractivity contribution >= 4 is 5.97 Å². The van der Waals surface area contributed by atoms with Gasteiger partial charge < -0.3 is 23.6 Å². The summed E-state index contributed by atoms with van der Waals surface area (Å²) in [6, 6.07) is 12.4. The Morgan fingerprint density at radius 1 is 0.977 bits per heavy atom. The molecule has 0 radical (unpaired) electrons. The molecule has 9 nitrogen and oxygen atoms in total. The summed E-state index contributed by atoms with van der Waals surface area (Å²) in [4.78, 5) is 16.1. The molecule has 0 saturated heterocycles. The minimum atomic E-state index is -4.83. The van der Waals surface area contributed by atoms with E-state index in [0.717, 1.165) is 51.4 Å². The number of para-hydroxylation sites is 1. The third-order valence-electron chi connectivity index (χ3n) is 9.44. The van der Waals surface area contributed by atoms with Gasteiger partial charge >= 0.3 is 12.3 Å². The fourth-order valence-corrected chi connectivity index (χ4v) is 6.73. The second-order valence-corrected chi connectivity index (χ2v) is 12.3. The molecular weight excluding hydrogens is 579 g/mol. The summed E-state index contributed by atoms with van der Waals surface area (Å²) < 4.78 is 61.3. The molecular formula is C32H30F3N3O6. The quantitative estimate of drug-likeness (QED) is 0.193. The van der Waals surface area contributed by atoms with Gasteiger partial charge in [-0.3, -0.25) is 0 Å². The third-order valence-corrected chi connectivity index (χ3v) is 9.44. The number of carboxylic acids is 1. The van der Waals surface area contributed by atoms with Crippen LogP contribution < -0.4 is 4.74 Å². The predicted octanol–water partition coefficient (Wildman–Crippen LogP) is 7.67. The molecule has 4 aromatic rings. The molecule has 44 heavy (non-hydrogen) atoms. The number of alkyl halides is 3. The number of nitrogens with zero attached hydrogens (tertiary/aromatic N) is 3. The Hall–Kier alpha value is -4.19. The molecule has 12 heteroatoms. The Balaban J connectivity index is 1.03. The minimum absolute atomic E-state index is 0.0191. The van der Waals surface area contributed by atoms with Gasteiger partial charge in [-0.1, -0.05) is 34.6 Å². The molecule has 4 aliphatic rings. The van der Waals surface area contributed by atoms with Crippen LogP contribution in [0.3, 0.4) is 0 Å². The summed E-state index contributed by atoms with van der Waals surface area (Å²) >= 11 is 0. The first-order valence-corrected chi connectivity index (χ1v) is 14.7. The zero-order chi connectivity index (χ0) is 30.5. The van der Waals surface area contributed by atoms with Crippen LogP contribution in [-0.4, -0.2) is 39.3 Å². The molecule has 230 valence electrons. The fourth-order valence-electron chi connectivity index (χ4n) is 6.73. The van der Waals surface area contributed by atoms with E-state index in [0.29, 0.717) is 40.9 Å². The van der Waals surface area contributed by atoms with Gasteiger partial charge in [-0.25, -0.2) is 4.79 Å². The van der Waals surface area contributed by atoms with Crippen LogP contribution in [0.4, 0.5) is 13.2 Å². The van der Waals surface area contributed by atoms with Crippen molar-refractivity contribution in [1.29, 1.82) is 0 Å². The zero-order valence-electron chi connectivity index (χ0n) is 23.7. The highest BCUT2D eigenvalue weighted by atomic mass is 19.4. The van der Waals surface area contributed by atoms with Gasteiger partial charge in [-0.05, 0) is 81.0 Å². The smallest absolute Gasteiger partial charge is 0.478 e. The van der Waals surface area contributed by atoms with Gasteiger partial charge in [0, 0.05) is 28.0 Å². The zero-order valence-corrected chi connectivity index (χ0v) is 23.7. The second-order valence-electron chi connectivity index (χ2n) is 12.3. The molecule has 1 N–H and O–H groups in total. The first-order valence-electron chi connectivity index (χ1n) is 14.7. The van der Waals surface area contributed by atoms with Crippen LogP contribution in [0.1, 0.15) is 84.9 Å². The molecule has 2 heterocycles. The lowest BCUT2D eigenvalue weighted by Gasteiger charge is -2.51. The van der Waals surface area contributed by atoms with Crippen LogP contribution in [0, 0.1) is 5.41 Å². The first kappa shape index (κ1) is 28.6. The lowest BCUT2D eigenvalue weighted by Crippen LogP contribution is -2.46. The third kappa shape index (κ3) is 5.47. The molecule has 4 aliphatic carbocycles. The number of aromatic nitrogens is 3. The van der Waals surface area contributed by atoms with Crippen molar-refractivity contribution in [3.8, 4) is 28.4 Å². The molecule has 0 amide bonds. The Kier molecular flexibility index (Phi) is 6.99. The summed E-state index contributed by atoms with van der Waals surface area (Å²) in [6.45, 7) is 0.690. The van der Waals surface area contributed by atoms with Crippen LogP contribution in [0.25, 0.3) is 22.6 Å². The molecule has 0 spiro atoms. The monoisotopic (exact) mass is 609 g/mol. The number of hydrogen-bond donors (Lipinski definition) is 1. The van der Waals surface area contributed by atoms with Crippen LogP contribution in [0.2, 0.25) is 0 Å². The maximum Gasteiger partial charge on any atom is 0.573 e. The van der Waals surface area contributed by atoms with Crippen molar-refractivity contribution in [2.24, 2.45) is 5.41 Å². The van der Waals surface area contributed by atoms with Gasteiger partial charge in [0.25, 0.3) is 0 Å². The Labute approximate surface area is 250 Å². The number of carbonyl (C=O) groups is 1. The van der Waals surface area contributed by atoms with E-state index in [1.54, 1.807) is 24.3 Å². The van der Waals surface area contributed by atoms with Gasteiger partial charge in [0.05, 0.1) is 18.8 Å². The summed E-state index contributed by atoms with van der Waals surface area (Å²) in [5, 5.41) is 17.7. The van der Waals surface area contributed by atoms with Crippen molar-refractivity contribution in [3.63, 3.8) is 0 Å². The van der Waals surface area contributed by atoms with E-state index in [-0.39, 0.29) is 40.2 Å². The number of rotatable bonds is 10. The molecule has 0 aliphatic heterocycles. The predicted molar refractivity (Wildman–Crippen MR) is 149 cm³/mol. The van der Waals surface area contributed by atoms with Crippen LogP contribution in [-0.2, 0) is 16.8 Å². The lowest BCUT2D eigenvalue weighted by molar-refractivity contribution is -0.274. The van der Waals surface area contributed by atoms with Gasteiger partial charge in [0.2, 0.25) is 11.7 Å². The van der Waals surface area contributed by atoms with Gasteiger partial charge in [0.1, 0.15) is 17.2 Å². The van der Waals surface area contributed by atoms with E-state index in [2.05, 4.69) is 15.1 Å². The number of hydrogen-bond acceptors (Lipinski definition) is 8. The second kappa shape index (κ2) is 10.8. The van der Waals surface area contributed by atoms with Crippen molar-refractivity contribution in [2.75, 3.05) is 6.61 Å². The van der Waals surface area contributed by atoms with E-state index in [1.165, 1.54) is 24.3 Å². The molecule has 4 saturated carbocycles. The first-order chi connectivity index (χ1) is 21.1. The van der Waals surface area contributed by atoms with E-state index in [1.807, 2.05) is 0 Å². The van der Waals surface area contributed by atoms with E-state index in [4.69, 9.17) is 18.8 Å². The number of aromatic carboxylic acids is 1. The minimum Gasteiger partial charge on any atom is -0.478 e. The highest BCUT2D eigenvalue weighted by molar-refractivity contribution is 5.89. The summed E-state index contributed by atoms with van der Waals surface area (Å²) in [5.74, 6) is 0.486. The van der Waals surface area contributed by atoms with Crippen LogP contribution in [0.15, 0.2) is 57.6 Å². The molecule has 2 aromatic carbocycles. The summed E-state index contributed by atoms with van der Waals surface area (Å²) in [5.41, 5.74) is 1.72. The lowest BCUT2D eigenvalue weighted by atomic mass is 9.54. The fraction of sp³-hybridized carbons (Fsp3) is 0.438. The highest BCUT2D eigenvalue weighted by Crippen LogP contribution is 2.58. The van der Waals surface area contributed by atoms with Crippen molar-refractivity contribution in [2.45, 2.75) is 75.7 Å². The SMILES string of the molecule is O=C(O)c1cccc(-c2noc(C34CCC(COCc5c(-c6ccccc6OC(F)(F)F)noc5C5CC5)(CC3)CC4)n2)c1. The molecule has 2 bridgehead atoms. The van der Waals surface area contributed by atoms with Gasteiger partial charge in [-0.2, -0.15) is 4.98 Å². The van der Waals surface area contributed by atoms with Crippen molar-refractivity contribution < 1.29 is 41.6 Å². The number of benzene rings is 2. The number of carboxylic acid groups (broad SMARTS) is 1. The van der Waals surface area contributed by atoms with E-state index < -0.39 is 12.3 Å². The topological polar surface area (TPSA) is 121 Å². The average molecular weight is 610 g/mol. The maximum atomic E-state index is 13.1. The highest BCUT2D eigenvalue weighted by Gasteiger charge is 2.52. The van der Waals surface area contributed by atoms with Crippen molar-refractivity contribution in [3.05, 3.63) is 71.3 Å². The van der Waals surface area contributed by atoms with Gasteiger partial charge in [-0.15, -0.1) is 13.2 Å². The number of ether oxygens (including phenoxy) is 2. The van der Waals surface area contributed by atoms with E-state index in [9.17, 15) is 23.1 Å². The van der Waals surface area contributed by atoms with Crippen LogP contribution >= 0.6 is 0 Å². The summed E-state index contributed by atoms with van der Waals surface area (Å²) in [7, 11) is 0. The van der Waals surface area contributed by atoms with E-state index >= 15 is 0 Å². The molecule has 2 aromatic heterocycles. The largest absolute Gasteiger partial charge is 0.573 e. The normalized spacial score (nSPS) is 23.2. The summed E-state index contributed by atoms with van der Waals surface area (Å²) in [6.07, 6.45) is 2.37. The molecule has 8 rings (SSSR count). The average Bonchev–Trinajstić information content (AvgIpc) is 3.57. The Morgan fingerprint density at radius 3 is 2.43 bits per heavy atom. The molecule has 0 atom stereocenters. The van der Waals surface area contributed by atoms with Crippen LogP contribution in [0.5, 0.6) is 5.75 Å². The van der Waals surface area contributed by atoms with Crippen molar-refractivity contribution in [1.82, 2.24) is 15.3 Å². The molecule has 4 fully saturated rings. The van der Waals surface area contributed by atoms with Gasteiger partial charge in [0.15, 0.2) is 0 Å². The standard InChI is InChI=1S/C32H30F3N3O6/c33-32(34,35)42-24-7-2-1-6-22(24)25-23(26(43-37-25)19-8-9-19)17-41-18-30-10-13-31(14-11-30,15-12-30)29-36-27(38-44-29)20-4-3-5-21(16-20)28(39)40/h1-7,16,19H,8-15,17-18H2,(H,39,40). The molecule has 0 unspecified atom stereocenters. The number of halogens is 3. The Morgan fingerprint density at radius 2 is 1.73 bits per heavy atom. The maximum absolute atomic E-state index is 13.1. The number of fused-ring (bicyclic) bond motifs is 3. The Bertz CT molecular complexity index is 1670.